The summed E-state index contributed by atoms with van der Waals surface area (Å²) in [6, 6.07) is 9.23. The Kier molecular flexibility index (Phi) is 3.29. The van der Waals surface area contributed by atoms with Crippen molar-refractivity contribution < 1.29 is 20.4 Å². The predicted molar refractivity (Wildman–Crippen MR) is 81.5 cm³/mol. The highest BCUT2D eigenvalue weighted by Gasteiger charge is 2.28. The standard InChI is InChI=1S/C16H16N2O4/c1-18-8-11(9-2-4-12(19)14(21)6-9)16(17-18)10-3-5-13(20)15(22)7-10/h2-7,11,19-22H,8H2,1H3. The average Bonchev–Trinajstić information content (AvgIpc) is 2.87. The fourth-order valence-corrected chi connectivity index (χ4v) is 2.61. The van der Waals surface area contributed by atoms with E-state index in [9.17, 15) is 20.4 Å². The van der Waals surface area contributed by atoms with Crippen LogP contribution in [-0.2, 0) is 0 Å². The number of benzene rings is 2. The first kappa shape index (κ1) is 14.1. The maximum atomic E-state index is 9.69. The molecule has 2 aromatic rings. The smallest absolute Gasteiger partial charge is 0.158 e. The molecule has 0 aromatic heterocycles. The lowest BCUT2D eigenvalue weighted by molar-refractivity contribution is 0.379. The van der Waals surface area contributed by atoms with Gasteiger partial charge in [-0.15, -0.1) is 0 Å². The summed E-state index contributed by atoms with van der Waals surface area (Å²) in [5, 5.41) is 44.4. The van der Waals surface area contributed by atoms with Crippen LogP contribution in [0.2, 0.25) is 0 Å². The van der Waals surface area contributed by atoms with Crippen molar-refractivity contribution >= 4 is 5.71 Å². The van der Waals surface area contributed by atoms with E-state index in [4.69, 9.17) is 0 Å². The number of hydrogen-bond donors (Lipinski definition) is 4. The predicted octanol–water partition coefficient (Wildman–Crippen LogP) is 1.94. The summed E-state index contributed by atoms with van der Waals surface area (Å²) in [7, 11) is 1.83. The molecule has 4 N–H and O–H groups in total. The van der Waals surface area contributed by atoms with Gasteiger partial charge in [0.1, 0.15) is 0 Å². The van der Waals surface area contributed by atoms with Gasteiger partial charge < -0.3 is 20.4 Å². The monoisotopic (exact) mass is 300 g/mol. The lowest BCUT2D eigenvalue weighted by Crippen LogP contribution is -2.15. The molecule has 114 valence electrons. The Labute approximate surface area is 127 Å². The molecule has 0 fully saturated rings. The van der Waals surface area contributed by atoms with Crippen LogP contribution in [-0.4, -0.2) is 44.7 Å². The highest BCUT2D eigenvalue weighted by atomic mass is 16.3. The number of phenols is 4. The Bertz CT molecular complexity index is 758. The van der Waals surface area contributed by atoms with Crippen molar-refractivity contribution in [2.75, 3.05) is 13.6 Å². The van der Waals surface area contributed by atoms with Gasteiger partial charge in [-0.1, -0.05) is 6.07 Å². The summed E-state index contributed by atoms with van der Waals surface area (Å²) in [4.78, 5) is 0. The molecule has 0 saturated carbocycles. The first-order valence-electron chi connectivity index (χ1n) is 6.79. The van der Waals surface area contributed by atoms with E-state index < -0.39 is 0 Å². The van der Waals surface area contributed by atoms with Gasteiger partial charge in [-0.3, -0.25) is 5.01 Å². The molecule has 3 rings (SSSR count). The van der Waals surface area contributed by atoms with Gasteiger partial charge >= 0.3 is 0 Å². The van der Waals surface area contributed by atoms with Gasteiger partial charge in [0.2, 0.25) is 0 Å². The second-order valence-corrected chi connectivity index (χ2v) is 5.33. The first-order chi connectivity index (χ1) is 10.5. The van der Waals surface area contributed by atoms with Crippen molar-refractivity contribution in [3.8, 4) is 23.0 Å². The summed E-state index contributed by atoms with van der Waals surface area (Å²) in [6.07, 6.45) is 0. The Morgan fingerprint density at radius 1 is 0.909 bits per heavy atom. The molecule has 0 radical (unpaired) electrons. The number of hydrazone groups is 1. The number of phenolic OH excluding ortho intramolecular Hbond substituents is 4. The van der Waals surface area contributed by atoms with Crippen LogP contribution in [0.5, 0.6) is 23.0 Å². The number of likely N-dealkylation sites (N-methyl/N-ethyl adjacent to an activating group) is 1. The van der Waals surface area contributed by atoms with Crippen molar-refractivity contribution in [1.29, 1.82) is 0 Å². The van der Waals surface area contributed by atoms with E-state index in [1.54, 1.807) is 17.1 Å². The van der Waals surface area contributed by atoms with Gasteiger partial charge in [0.05, 0.1) is 5.71 Å². The molecule has 1 heterocycles. The van der Waals surface area contributed by atoms with E-state index in [1.165, 1.54) is 24.3 Å². The molecular formula is C16H16N2O4. The lowest BCUT2D eigenvalue weighted by atomic mass is 9.90. The zero-order valence-corrected chi connectivity index (χ0v) is 11.9. The van der Waals surface area contributed by atoms with Crippen molar-refractivity contribution in [3.05, 3.63) is 47.5 Å². The van der Waals surface area contributed by atoms with Crippen LogP contribution in [0.15, 0.2) is 41.5 Å². The molecule has 1 atom stereocenters. The summed E-state index contributed by atoms with van der Waals surface area (Å²) in [5.41, 5.74) is 2.23. The van der Waals surface area contributed by atoms with Crippen molar-refractivity contribution in [3.63, 3.8) is 0 Å². The minimum atomic E-state index is -0.206. The van der Waals surface area contributed by atoms with Gasteiger partial charge in [-0.05, 0) is 35.9 Å². The van der Waals surface area contributed by atoms with E-state index in [-0.39, 0.29) is 28.9 Å². The third-order valence-electron chi connectivity index (χ3n) is 3.73. The summed E-state index contributed by atoms with van der Waals surface area (Å²) < 4.78 is 0. The second kappa shape index (κ2) is 5.14. The topological polar surface area (TPSA) is 96.5 Å². The van der Waals surface area contributed by atoms with Crippen LogP contribution in [0, 0.1) is 0 Å². The minimum Gasteiger partial charge on any atom is -0.504 e. The number of nitrogens with zero attached hydrogens (tertiary/aromatic N) is 2. The molecule has 0 bridgehead atoms. The average molecular weight is 300 g/mol. The molecule has 6 heteroatoms. The van der Waals surface area contributed by atoms with Gasteiger partial charge in [-0.2, -0.15) is 5.10 Å². The van der Waals surface area contributed by atoms with E-state index >= 15 is 0 Å². The van der Waals surface area contributed by atoms with Crippen LogP contribution in [0.3, 0.4) is 0 Å². The Morgan fingerprint density at radius 2 is 1.55 bits per heavy atom. The van der Waals surface area contributed by atoms with Gasteiger partial charge in [-0.25, -0.2) is 0 Å². The molecule has 0 spiro atoms. The maximum absolute atomic E-state index is 9.69. The Balaban J connectivity index is 2.02. The number of aromatic hydroxyl groups is 4. The summed E-state index contributed by atoms with van der Waals surface area (Å²) in [5.74, 6) is -0.854. The normalized spacial score (nSPS) is 17.6. The van der Waals surface area contributed by atoms with E-state index in [0.29, 0.717) is 12.1 Å². The summed E-state index contributed by atoms with van der Waals surface area (Å²) in [6.45, 7) is 0.612. The minimum absolute atomic E-state index is 0.111. The molecule has 22 heavy (non-hydrogen) atoms. The third-order valence-corrected chi connectivity index (χ3v) is 3.73. The van der Waals surface area contributed by atoms with Crippen molar-refractivity contribution in [2.24, 2.45) is 5.10 Å². The van der Waals surface area contributed by atoms with E-state index in [1.807, 2.05) is 7.05 Å². The van der Waals surface area contributed by atoms with Crippen LogP contribution >= 0.6 is 0 Å². The van der Waals surface area contributed by atoms with Crippen molar-refractivity contribution in [2.45, 2.75) is 5.92 Å². The van der Waals surface area contributed by atoms with Gasteiger partial charge in [0.15, 0.2) is 23.0 Å². The Hall–Kier alpha value is -2.89. The van der Waals surface area contributed by atoms with Crippen LogP contribution in [0.4, 0.5) is 0 Å². The lowest BCUT2D eigenvalue weighted by Gasteiger charge is -2.14. The second-order valence-electron chi connectivity index (χ2n) is 5.33. The molecule has 2 aromatic carbocycles. The number of hydrogen-bond acceptors (Lipinski definition) is 6. The summed E-state index contributed by atoms with van der Waals surface area (Å²) >= 11 is 0. The fourth-order valence-electron chi connectivity index (χ4n) is 2.61. The fraction of sp³-hybridized carbons (Fsp3) is 0.188. The molecule has 6 nitrogen and oxygen atoms in total. The highest BCUT2D eigenvalue weighted by Crippen LogP contribution is 2.35. The van der Waals surface area contributed by atoms with Crippen LogP contribution in [0.25, 0.3) is 0 Å². The van der Waals surface area contributed by atoms with Crippen LogP contribution < -0.4 is 0 Å². The number of rotatable bonds is 2. The quantitative estimate of drug-likeness (QED) is 0.636. The van der Waals surface area contributed by atoms with Gasteiger partial charge in [0.25, 0.3) is 0 Å². The molecular weight excluding hydrogens is 284 g/mol. The van der Waals surface area contributed by atoms with E-state index in [2.05, 4.69) is 5.10 Å². The molecule has 0 aliphatic carbocycles. The Morgan fingerprint density at radius 3 is 2.18 bits per heavy atom. The zero-order valence-electron chi connectivity index (χ0n) is 11.9. The SMILES string of the molecule is CN1CC(c2ccc(O)c(O)c2)C(c2ccc(O)c(O)c2)=N1. The first-order valence-corrected chi connectivity index (χ1v) is 6.79. The van der Waals surface area contributed by atoms with Crippen LogP contribution in [0.1, 0.15) is 17.0 Å². The highest BCUT2D eigenvalue weighted by molar-refractivity contribution is 6.06. The van der Waals surface area contributed by atoms with Crippen molar-refractivity contribution in [1.82, 2.24) is 5.01 Å². The maximum Gasteiger partial charge on any atom is 0.158 e. The third kappa shape index (κ3) is 2.39. The zero-order chi connectivity index (χ0) is 15.9. The molecule has 0 saturated heterocycles. The van der Waals surface area contributed by atoms with E-state index in [0.717, 1.165) is 11.3 Å². The molecule has 1 aliphatic rings. The molecule has 0 amide bonds. The molecule has 1 unspecified atom stereocenters. The molecule has 1 aliphatic heterocycles. The van der Waals surface area contributed by atoms with Gasteiger partial charge in [0, 0.05) is 25.1 Å². The largest absolute Gasteiger partial charge is 0.504 e.